The van der Waals surface area contributed by atoms with Crippen molar-refractivity contribution in [2.24, 2.45) is 0 Å². The second-order valence-electron chi connectivity index (χ2n) is 6.55. The minimum absolute atomic E-state index is 0.130. The van der Waals surface area contributed by atoms with E-state index in [4.69, 9.17) is 15.0 Å². The smallest absolute Gasteiger partial charge is 0.266 e. The standard InChI is InChI=1S/C24H19N3O2S/c1-2-29-22-10-6-5-9-21(22)27-23(28)19-7-3-4-8-20(19)26-24(27)30-16-18-13-11-17(15-25)12-14-18/h3-14H,2,16H2,1H3. The number of aromatic nitrogens is 2. The van der Waals surface area contributed by atoms with E-state index in [0.717, 1.165) is 5.56 Å². The molecule has 0 fully saturated rings. The van der Waals surface area contributed by atoms with Gasteiger partial charge in [0.2, 0.25) is 0 Å². The van der Waals surface area contributed by atoms with Crippen LogP contribution in [-0.4, -0.2) is 16.2 Å². The van der Waals surface area contributed by atoms with Crippen LogP contribution >= 0.6 is 11.8 Å². The van der Waals surface area contributed by atoms with Crippen LogP contribution in [0.1, 0.15) is 18.1 Å². The summed E-state index contributed by atoms with van der Waals surface area (Å²) in [7, 11) is 0. The Bertz CT molecular complexity index is 1290. The molecular formula is C24H19N3O2S. The van der Waals surface area contributed by atoms with E-state index < -0.39 is 0 Å². The Morgan fingerprint density at radius 1 is 1.03 bits per heavy atom. The maximum absolute atomic E-state index is 13.4. The predicted molar refractivity (Wildman–Crippen MR) is 119 cm³/mol. The van der Waals surface area contributed by atoms with Crippen LogP contribution in [-0.2, 0) is 5.75 Å². The molecule has 0 aliphatic heterocycles. The van der Waals surface area contributed by atoms with Crippen molar-refractivity contribution in [2.45, 2.75) is 17.8 Å². The fourth-order valence-electron chi connectivity index (χ4n) is 3.16. The molecule has 30 heavy (non-hydrogen) atoms. The van der Waals surface area contributed by atoms with Gasteiger partial charge in [-0.2, -0.15) is 5.26 Å². The van der Waals surface area contributed by atoms with Crippen molar-refractivity contribution in [1.82, 2.24) is 9.55 Å². The number of hydrogen-bond donors (Lipinski definition) is 0. The summed E-state index contributed by atoms with van der Waals surface area (Å²) in [4.78, 5) is 18.2. The van der Waals surface area contributed by atoms with Gasteiger partial charge in [0.25, 0.3) is 5.56 Å². The lowest BCUT2D eigenvalue weighted by Crippen LogP contribution is -2.22. The van der Waals surface area contributed by atoms with Gasteiger partial charge in [-0.1, -0.05) is 48.2 Å². The molecule has 4 aromatic rings. The van der Waals surface area contributed by atoms with Crippen molar-refractivity contribution in [3.63, 3.8) is 0 Å². The number of ether oxygens (including phenoxy) is 1. The van der Waals surface area contributed by atoms with E-state index in [1.54, 1.807) is 22.8 Å². The van der Waals surface area contributed by atoms with Gasteiger partial charge in [-0.3, -0.25) is 9.36 Å². The highest BCUT2D eigenvalue weighted by Gasteiger charge is 2.16. The van der Waals surface area contributed by atoms with E-state index in [1.165, 1.54) is 11.8 Å². The largest absolute Gasteiger partial charge is 0.492 e. The van der Waals surface area contributed by atoms with E-state index in [2.05, 4.69) is 6.07 Å². The Balaban J connectivity index is 1.82. The number of hydrogen-bond acceptors (Lipinski definition) is 5. The van der Waals surface area contributed by atoms with Crippen LogP contribution in [0.15, 0.2) is 82.7 Å². The molecule has 0 unspecified atom stereocenters. The highest BCUT2D eigenvalue weighted by Crippen LogP contribution is 2.29. The first-order valence-electron chi connectivity index (χ1n) is 9.57. The van der Waals surface area contributed by atoms with Crippen molar-refractivity contribution in [3.8, 4) is 17.5 Å². The van der Waals surface area contributed by atoms with Gasteiger partial charge in [0, 0.05) is 5.75 Å². The lowest BCUT2D eigenvalue weighted by Gasteiger charge is -2.16. The zero-order chi connectivity index (χ0) is 20.9. The predicted octanol–water partition coefficient (Wildman–Crippen LogP) is 4.95. The summed E-state index contributed by atoms with van der Waals surface area (Å²) in [6, 6.07) is 24.4. The first-order valence-corrected chi connectivity index (χ1v) is 10.6. The molecule has 6 heteroatoms. The fourth-order valence-corrected chi connectivity index (χ4v) is 4.13. The lowest BCUT2D eigenvalue weighted by atomic mass is 10.2. The molecule has 0 saturated carbocycles. The molecule has 0 amide bonds. The number of para-hydroxylation sites is 3. The second-order valence-corrected chi connectivity index (χ2v) is 7.49. The summed E-state index contributed by atoms with van der Waals surface area (Å²) in [6.45, 7) is 2.42. The van der Waals surface area contributed by atoms with Crippen LogP contribution in [0.25, 0.3) is 16.6 Å². The normalized spacial score (nSPS) is 10.7. The molecule has 0 aliphatic rings. The summed E-state index contributed by atoms with van der Waals surface area (Å²) in [5, 5.41) is 10.1. The van der Waals surface area contributed by atoms with Crippen LogP contribution < -0.4 is 10.3 Å². The van der Waals surface area contributed by atoms with Gasteiger partial charge in [-0.05, 0) is 48.9 Å². The average molecular weight is 414 g/mol. The van der Waals surface area contributed by atoms with E-state index in [0.29, 0.717) is 45.4 Å². The van der Waals surface area contributed by atoms with Gasteiger partial charge in [0.05, 0.1) is 34.8 Å². The van der Waals surface area contributed by atoms with Crippen LogP contribution in [0.5, 0.6) is 5.75 Å². The number of fused-ring (bicyclic) bond motifs is 1. The van der Waals surface area contributed by atoms with Crippen LogP contribution in [0.3, 0.4) is 0 Å². The summed E-state index contributed by atoms with van der Waals surface area (Å²) < 4.78 is 7.40. The van der Waals surface area contributed by atoms with E-state index in [9.17, 15) is 4.79 Å². The number of benzene rings is 3. The maximum Gasteiger partial charge on any atom is 0.266 e. The van der Waals surface area contributed by atoms with Gasteiger partial charge < -0.3 is 4.74 Å². The molecule has 4 rings (SSSR count). The molecule has 1 aromatic heterocycles. The maximum atomic E-state index is 13.4. The highest BCUT2D eigenvalue weighted by atomic mass is 32.2. The molecule has 0 bridgehead atoms. The monoisotopic (exact) mass is 413 g/mol. The Hall–Kier alpha value is -3.56. The highest BCUT2D eigenvalue weighted by molar-refractivity contribution is 7.98. The quantitative estimate of drug-likeness (QED) is 0.330. The van der Waals surface area contributed by atoms with E-state index in [-0.39, 0.29) is 5.56 Å². The average Bonchev–Trinajstić information content (AvgIpc) is 2.79. The SMILES string of the molecule is CCOc1ccccc1-n1c(SCc2ccc(C#N)cc2)nc2ccccc2c1=O. The first kappa shape index (κ1) is 19.7. The third kappa shape index (κ3) is 3.93. The Kier molecular flexibility index (Phi) is 5.82. The first-order chi connectivity index (χ1) is 14.7. The minimum atomic E-state index is -0.130. The fraction of sp³-hybridized carbons (Fsp3) is 0.125. The molecule has 5 nitrogen and oxygen atoms in total. The van der Waals surface area contributed by atoms with Gasteiger partial charge >= 0.3 is 0 Å². The zero-order valence-corrected chi connectivity index (χ0v) is 17.2. The number of nitrogens with zero attached hydrogens (tertiary/aromatic N) is 3. The molecule has 148 valence electrons. The van der Waals surface area contributed by atoms with Crippen LogP contribution in [0.4, 0.5) is 0 Å². The number of thioether (sulfide) groups is 1. The number of rotatable bonds is 6. The summed E-state index contributed by atoms with van der Waals surface area (Å²) >= 11 is 1.48. The van der Waals surface area contributed by atoms with Gasteiger partial charge in [-0.25, -0.2) is 4.98 Å². The molecule has 1 heterocycles. The molecule has 0 radical (unpaired) electrons. The van der Waals surface area contributed by atoms with Gasteiger partial charge in [0.15, 0.2) is 5.16 Å². The van der Waals surface area contributed by atoms with Crippen molar-refractivity contribution in [1.29, 1.82) is 5.26 Å². The molecule has 3 aromatic carbocycles. The molecule has 0 spiro atoms. The zero-order valence-electron chi connectivity index (χ0n) is 16.4. The topological polar surface area (TPSA) is 67.9 Å². The second kappa shape index (κ2) is 8.85. The molecule has 0 aliphatic carbocycles. The molecular weight excluding hydrogens is 394 g/mol. The van der Waals surface area contributed by atoms with Crippen molar-refractivity contribution in [3.05, 3.63) is 94.3 Å². The Labute approximate surface area is 178 Å². The van der Waals surface area contributed by atoms with Crippen molar-refractivity contribution in [2.75, 3.05) is 6.61 Å². The summed E-state index contributed by atoms with van der Waals surface area (Å²) in [5.41, 5.74) is 2.87. The van der Waals surface area contributed by atoms with E-state index >= 15 is 0 Å². The van der Waals surface area contributed by atoms with Gasteiger partial charge in [-0.15, -0.1) is 0 Å². The van der Waals surface area contributed by atoms with Crippen LogP contribution in [0.2, 0.25) is 0 Å². The van der Waals surface area contributed by atoms with Crippen molar-refractivity contribution >= 4 is 22.7 Å². The van der Waals surface area contributed by atoms with Crippen LogP contribution in [0, 0.1) is 11.3 Å². The molecule has 0 N–H and O–H groups in total. The Morgan fingerprint density at radius 3 is 2.53 bits per heavy atom. The molecule has 0 saturated heterocycles. The summed E-state index contributed by atoms with van der Waals surface area (Å²) in [6.07, 6.45) is 0. The van der Waals surface area contributed by atoms with Gasteiger partial charge in [0.1, 0.15) is 5.75 Å². The van der Waals surface area contributed by atoms with E-state index in [1.807, 2.05) is 61.5 Å². The summed E-state index contributed by atoms with van der Waals surface area (Å²) in [5.74, 6) is 1.26. The lowest BCUT2D eigenvalue weighted by molar-refractivity contribution is 0.338. The van der Waals surface area contributed by atoms with Crippen molar-refractivity contribution < 1.29 is 4.74 Å². The number of nitriles is 1. The Morgan fingerprint density at radius 2 is 1.77 bits per heavy atom. The third-order valence-electron chi connectivity index (χ3n) is 4.60. The minimum Gasteiger partial charge on any atom is -0.492 e. The molecule has 0 atom stereocenters. The third-order valence-corrected chi connectivity index (χ3v) is 5.61.